The van der Waals surface area contributed by atoms with E-state index >= 15 is 0 Å². The van der Waals surface area contributed by atoms with Gasteiger partial charge in [0.25, 0.3) is 0 Å². The van der Waals surface area contributed by atoms with Crippen molar-refractivity contribution < 1.29 is 10.2 Å². The molecule has 2 N–H and O–H groups in total. The van der Waals surface area contributed by atoms with Gasteiger partial charge in [-0.15, -0.1) is 0 Å². The van der Waals surface area contributed by atoms with Gasteiger partial charge in [-0.2, -0.15) is 0 Å². The number of rotatable bonds is 3. The minimum atomic E-state index is -0.779. The van der Waals surface area contributed by atoms with E-state index in [-0.39, 0.29) is 6.61 Å². The molecule has 1 unspecified atom stereocenters. The summed E-state index contributed by atoms with van der Waals surface area (Å²) in [6.45, 7) is 5.49. The van der Waals surface area contributed by atoms with E-state index in [1.807, 2.05) is 19.1 Å². The van der Waals surface area contributed by atoms with E-state index in [0.29, 0.717) is 0 Å². The molecule has 0 aliphatic rings. The van der Waals surface area contributed by atoms with Crippen molar-refractivity contribution >= 4 is 5.57 Å². The zero-order valence-electron chi connectivity index (χ0n) is 7.70. The highest BCUT2D eigenvalue weighted by molar-refractivity contribution is 5.61. The highest BCUT2D eigenvalue weighted by Gasteiger charge is 2.04. The van der Waals surface area contributed by atoms with Gasteiger partial charge >= 0.3 is 0 Å². The lowest BCUT2D eigenvalue weighted by Gasteiger charge is -2.07. The molecule has 1 atom stereocenters. The van der Waals surface area contributed by atoms with Crippen molar-refractivity contribution in [1.29, 1.82) is 0 Å². The van der Waals surface area contributed by atoms with Crippen molar-refractivity contribution in [2.75, 3.05) is 6.61 Å². The van der Waals surface area contributed by atoms with Crippen molar-refractivity contribution in [1.82, 2.24) is 0 Å². The number of hydrogen-bond acceptors (Lipinski definition) is 2. The number of aliphatic hydroxyl groups is 2. The molecule has 13 heavy (non-hydrogen) atoms. The first-order chi connectivity index (χ1) is 6.15. The van der Waals surface area contributed by atoms with Gasteiger partial charge in [0.15, 0.2) is 0 Å². The predicted octanol–water partition coefficient (Wildman–Crippen LogP) is 1.75. The fraction of sp³-hybridized carbons (Fsp3) is 0.273. The zero-order valence-corrected chi connectivity index (χ0v) is 7.70. The maximum atomic E-state index is 9.29. The molecule has 70 valence electrons. The minimum absolute atomic E-state index is 0.244. The molecule has 0 aliphatic carbocycles. The van der Waals surface area contributed by atoms with Crippen LogP contribution in [0.25, 0.3) is 5.57 Å². The van der Waals surface area contributed by atoms with Crippen LogP contribution in [0.1, 0.15) is 24.2 Å². The van der Waals surface area contributed by atoms with E-state index < -0.39 is 6.10 Å². The monoisotopic (exact) mass is 178 g/mol. The van der Waals surface area contributed by atoms with Crippen LogP contribution in [-0.2, 0) is 0 Å². The molecule has 2 heteroatoms. The van der Waals surface area contributed by atoms with Crippen molar-refractivity contribution in [3.05, 3.63) is 42.0 Å². The van der Waals surface area contributed by atoms with Crippen LogP contribution in [0.4, 0.5) is 0 Å². The average Bonchev–Trinajstić information content (AvgIpc) is 2.17. The molecule has 0 radical (unpaired) electrons. The summed E-state index contributed by atoms with van der Waals surface area (Å²) < 4.78 is 0. The molecule has 1 aromatic carbocycles. The third kappa shape index (κ3) is 2.41. The number of allylic oxidation sites excluding steroid dienone is 1. The highest BCUT2D eigenvalue weighted by atomic mass is 16.3. The van der Waals surface area contributed by atoms with Gasteiger partial charge in [0.2, 0.25) is 0 Å². The summed E-state index contributed by atoms with van der Waals surface area (Å²) in [4.78, 5) is 0. The summed E-state index contributed by atoms with van der Waals surface area (Å²) in [5, 5.41) is 18.0. The van der Waals surface area contributed by atoms with Gasteiger partial charge in [0.1, 0.15) is 6.10 Å². The molecule has 0 aliphatic heterocycles. The first-order valence-corrected chi connectivity index (χ1v) is 4.20. The van der Waals surface area contributed by atoms with Gasteiger partial charge < -0.3 is 10.2 Å². The van der Waals surface area contributed by atoms with Crippen molar-refractivity contribution in [2.45, 2.75) is 13.0 Å². The molecular formula is C11H14O2. The molecule has 0 saturated carbocycles. The lowest BCUT2D eigenvalue weighted by atomic mass is 10.0. The van der Waals surface area contributed by atoms with Crippen LogP contribution in [0.2, 0.25) is 0 Å². The molecule has 0 bridgehead atoms. The molecule has 0 heterocycles. The zero-order chi connectivity index (χ0) is 9.84. The summed E-state index contributed by atoms with van der Waals surface area (Å²) in [5.41, 5.74) is 2.77. The van der Waals surface area contributed by atoms with Gasteiger partial charge in [-0.1, -0.05) is 36.4 Å². The van der Waals surface area contributed by atoms with E-state index in [9.17, 15) is 5.11 Å². The van der Waals surface area contributed by atoms with Gasteiger partial charge in [0, 0.05) is 0 Å². The molecular weight excluding hydrogens is 164 g/mol. The van der Waals surface area contributed by atoms with Crippen LogP contribution in [0.3, 0.4) is 0 Å². The molecule has 1 rings (SSSR count). The quantitative estimate of drug-likeness (QED) is 0.740. The summed E-state index contributed by atoms with van der Waals surface area (Å²) in [6, 6.07) is 7.36. The molecule has 0 aromatic heterocycles. The molecule has 1 aromatic rings. The normalized spacial score (nSPS) is 12.5. The lowest BCUT2D eigenvalue weighted by molar-refractivity contribution is 0.0956. The first kappa shape index (κ1) is 9.96. The SMILES string of the molecule is C=C(C)c1ccc(C(O)CO)cc1. The topological polar surface area (TPSA) is 40.5 Å². The molecule has 2 nitrogen and oxygen atoms in total. The van der Waals surface area contributed by atoms with Gasteiger partial charge in [-0.3, -0.25) is 0 Å². The maximum absolute atomic E-state index is 9.29. The number of hydrogen-bond donors (Lipinski definition) is 2. The van der Waals surface area contributed by atoms with E-state index in [2.05, 4.69) is 6.58 Å². The Morgan fingerprint density at radius 1 is 1.38 bits per heavy atom. The molecule has 0 amide bonds. The van der Waals surface area contributed by atoms with E-state index in [1.165, 1.54) is 0 Å². The Kier molecular flexibility index (Phi) is 3.23. The average molecular weight is 178 g/mol. The Bertz CT molecular complexity index is 287. The summed E-state index contributed by atoms with van der Waals surface area (Å²) in [5.74, 6) is 0. The van der Waals surface area contributed by atoms with Gasteiger partial charge in [0.05, 0.1) is 6.61 Å². The van der Waals surface area contributed by atoms with Crippen molar-refractivity contribution in [2.24, 2.45) is 0 Å². The largest absolute Gasteiger partial charge is 0.393 e. The van der Waals surface area contributed by atoms with Crippen LogP contribution in [0.5, 0.6) is 0 Å². The van der Waals surface area contributed by atoms with E-state index in [1.54, 1.807) is 12.1 Å². The van der Waals surface area contributed by atoms with Crippen molar-refractivity contribution in [3.8, 4) is 0 Å². The Morgan fingerprint density at radius 3 is 2.31 bits per heavy atom. The maximum Gasteiger partial charge on any atom is 0.102 e. The fourth-order valence-electron chi connectivity index (χ4n) is 1.10. The second kappa shape index (κ2) is 4.21. The number of aliphatic hydroxyl groups excluding tert-OH is 2. The second-order valence-electron chi connectivity index (χ2n) is 3.10. The Labute approximate surface area is 78.2 Å². The van der Waals surface area contributed by atoms with Gasteiger partial charge in [-0.05, 0) is 18.1 Å². The molecule has 0 saturated heterocycles. The van der Waals surface area contributed by atoms with Crippen LogP contribution >= 0.6 is 0 Å². The Hall–Kier alpha value is -1.12. The summed E-state index contributed by atoms with van der Waals surface area (Å²) >= 11 is 0. The fourth-order valence-corrected chi connectivity index (χ4v) is 1.10. The Balaban J connectivity index is 2.87. The molecule has 0 fully saturated rings. The van der Waals surface area contributed by atoms with Crippen LogP contribution in [0.15, 0.2) is 30.8 Å². The van der Waals surface area contributed by atoms with Crippen LogP contribution in [0, 0.1) is 0 Å². The summed E-state index contributed by atoms with van der Waals surface area (Å²) in [6.07, 6.45) is -0.779. The van der Waals surface area contributed by atoms with Crippen LogP contribution < -0.4 is 0 Å². The van der Waals surface area contributed by atoms with E-state index in [0.717, 1.165) is 16.7 Å². The third-order valence-corrected chi connectivity index (χ3v) is 1.96. The van der Waals surface area contributed by atoms with Gasteiger partial charge in [-0.25, -0.2) is 0 Å². The standard InChI is InChI=1S/C11H14O2/c1-8(2)9-3-5-10(6-4-9)11(13)7-12/h3-6,11-13H,1,7H2,2H3. The second-order valence-corrected chi connectivity index (χ2v) is 3.10. The summed E-state index contributed by atoms with van der Waals surface area (Å²) in [7, 11) is 0. The first-order valence-electron chi connectivity index (χ1n) is 4.20. The minimum Gasteiger partial charge on any atom is -0.393 e. The predicted molar refractivity (Wildman–Crippen MR) is 53.2 cm³/mol. The molecule has 0 spiro atoms. The van der Waals surface area contributed by atoms with Crippen LogP contribution in [-0.4, -0.2) is 16.8 Å². The highest BCUT2D eigenvalue weighted by Crippen LogP contribution is 2.16. The Morgan fingerprint density at radius 2 is 1.92 bits per heavy atom. The van der Waals surface area contributed by atoms with E-state index in [4.69, 9.17) is 5.11 Å². The third-order valence-electron chi connectivity index (χ3n) is 1.96. The smallest absolute Gasteiger partial charge is 0.102 e. The number of benzene rings is 1. The lowest BCUT2D eigenvalue weighted by Crippen LogP contribution is -2.01. The van der Waals surface area contributed by atoms with Crippen molar-refractivity contribution in [3.63, 3.8) is 0 Å².